The number of hydrogen-bond donors (Lipinski definition) is 2. The van der Waals surface area contributed by atoms with Crippen LogP contribution in [0, 0.1) is 11.8 Å². The van der Waals surface area contributed by atoms with E-state index in [4.69, 9.17) is 0 Å². The Kier molecular flexibility index (Phi) is 3.95. The van der Waals surface area contributed by atoms with Crippen LogP contribution < -0.4 is 10.6 Å². The summed E-state index contributed by atoms with van der Waals surface area (Å²) < 4.78 is 1.80. The van der Waals surface area contributed by atoms with Crippen molar-refractivity contribution >= 4 is 29.0 Å². The molecule has 2 aromatic heterocycles. The average Bonchev–Trinajstić information content (AvgIpc) is 3.57. The summed E-state index contributed by atoms with van der Waals surface area (Å²) in [5.41, 5.74) is 2.94. The predicted octanol–water partition coefficient (Wildman–Crippen LogP) is 2.54. The Hall–Kier alpha value is -2.70. The standard InChI is InChI=1S/C20H23N5O2/c26-18(13-4-5-13)21-15-10-8-12(9-11-15)16-2-1-3-17-22-20(24-25(16)17)23-19(27)14-6-7-14/h1-3,8,13-15H,4-7,9-11H2,(H,21,26)(H,23,24,27). The maximum Gasteiger partial charge on any atom is 0.249 e. The van der Waals surface area contributed by atoms with Crippen LogP contribution in [-0.2, 0) is 9.59 Å². The zero-order chi connectivity index (χ0) is 18.4. The van der Waals surface area contributed by atoms with Crippen molar-refractivity contribution in [2.45, 2.75) is 51.0 Å². The number of carbonyl (C=O) groups excluding carboxylic acids is 2. The Morgan fingerprint density at radius 3 is 2.52 bits per heavy atom. The number of pyridine rings is 1. The van der Waals surface area contributed by atoms with E-state index in [0.717, 1.165) is 56.3 Å². The first kappa shape index (κ1) is 16.5. The summed E-state index contributed by atoms with van der Waals surface area (Å²) in [4.78, 5) is 28.4. The van der Waals surface area contributed by atoms with Gasteiger partial charge in [-0.2, -0.15) is 4.98 Å². The molecule has 0 aromatic carbocycles. The van der Waals surface area contributed by atoms with Crippen molar-refractivity contribution in [1.29, 1.82) is 0 Å². The number of anilines is 1. The molecule has 0 radical (unpaired) electrons. The topological polar surface area (TPSA) is 88.4 Å². The molecule has 2 amide bonds. The number of fused-ring (bicyclic) bond motifs is 1. The van der Waals surface area contributed by atoms with Crippen molar-refractivity contribution in [2.75, 3.05) is 5.32 Å². The number of nitrogens with one attached hydrogen (secondary N) is 2. The van der Waals surface area contributed by atoms with Crippen LogP contribution in [0.3, 0.4) is 0 Å². The number of allylic oxidation sites excluding steroid dienone is 1. The van der Waals surface area contributed by atoms with E-state index < -0.39 is 0 Å². The maximum atomic E-state index is 12.0. The van der Waals surface area contributed by atoms with Gasteiger partial charge in [0.2, 0.25) is 17.8 Å². The highest BCUT2D eigenvalue weighted by atomic mass is 16.2. The monoisotopic (exact) mass is 365 g/mol. The summed E-state index contributed by atoms with van der Waals surface area (Å²) in [5, 5.41) is 10.5. The van der Waals surface area contributed by atoms with Gasteiger partial charge in [0.15, 0.2) is 5.65 Å². The van der Waals surface area contributed by atoms with Crippen LogP contribution in [0.15, 0.2) is 24.3 Å². The van der Waals surface area contributed by atoms with Gasteiger partial charge in [-0.25, -0.2) is 4.52 Å². The van der Waals surface area contributed by atoms with E-state index in [1.54, 1.807) is 4.52 Å². The third-order valence-electron chi connectivity index (χ3n) is 5.58. The highest BCUT2D eigenvalue weighted by Crippen LogP contribution is 2.32. The van der Waals surface area contributed by atoms with E-state index in [1.807, 2.05) is 18.2 Å². The Bertz CT molecular complexity index is 939. The lowest BCUT2D eigenvalue weighted by Crippen LogP contribution is -2.36. The van der Waals surface area contributed by atoms with Gasteiger partial charge in [0.05, 0.1) is 5.69 Å². The quantitative estimate of drug-likeness (QED) is 0.852. The lowest BCUT2D eigenvalue weighted by Gasteiger charge is -2.23. The number of rotatable bonds is 5. The van der Waals surface area contributed by atoms with Gasteiger partial charge in [-0.3, -0.25) is 14.9 Å². The Morgan fingerprint density at radius 2 is 1.81 bits per heavy atom. The molecule has 3 aliphatic carbocycles. The van der Waals surface area contributed by atoms with Gasteiger partial charge in [0.25, 0.3) is 0 Å². The van der Waals surface area contributed by atoms with Gasteiger partial charge in [-0.15, -0.1) is 5.10 Å². The molecule has 2 saturated carbocycles. The van der Waals surface area contributed by atoms with Gasteiger partial charge in [0.1, 0.15) is 0 Å². The van der Waals surface area contributed by atoms with Crippen molar-refractivity contribution in [1.82, 2.24) is 19.9 Å². The molecule has 2 aromatic rings. The van der Waals surface area contributed by atoms with E-state index in [2.05, 4.69) is 26.8 Å². The molecule has 0 aliphatic heterocycles. The molecule has 2 N–H and O–H groups in total. The maximum absolute atomic E-state index is 12.0. The van der Waals surface area contributed by atoms with E-state index >= 15 is 0 Å². The molecule has 27 heavy (non-hydrogen) atoms. The fraction of sp³-hybridized carbons (Fsp3) is 0.500. The summed E-state index contributed by atoms with van der Waals surface area (Å²) in [6.45, 7) is 0. The first-order valence-electron chi connectivity index (χ1n) is 9.84. The number of carbonyl (C=O) groups is 2. The minimum atomic E-state index is 0.0126. The second-order valence-corrected chi connectivity index (χ2v) is 7.86. The summed E-state index contributed by atoms with van der Waals surface area (Å²) in [5.74, 6) is 0.971. The van der Waals surface area contributed by atoms with Crippen LogP contribution in [0.2, 0.25) is 0 Å². The first-order valence-corrected chi connectivity index (χ1v) is 9.84. The minimum Gasteiger partial charge on any atom is -0.353 e. The molecule has 5 rings (SSSR count). The van der Waals surface area contributed by atoms with Crippen molar-refractivity contribution in [3.63, 3.8) is 0 Å². The highest BCUT2D eigenvalue weighted by Gasteiger charge is 2.32. The van der Waals surface area contributed by atoms with E-state index in [-0.39, 0.29) is 29.7 Å². The molecule has 7 nitrogen and oxygen atoms in total. The van der Waals surface area contributed by atoms with Gasteiger partial charge in [-0.1, -0.05) is 12.1 Å². The second-order valence-electron chi connectivity index (χ2n) is 7.86. The summed E-state index contributed by atoms with van der Waals surface area (Å²) in [7, 11) is 0. The van der Waals surface area contributed by atoms with Gasteiger partial charge >= 0.3 is 0 Å². The van der Waals surface area contributed by atoms with Gasteiger partial charge < -0.3 is 5.32 Å². The van der Waals surface area contributed by atoms with Crippen LogP contribution in [0.1, 0.15) is 50.6 Å². The molecule has 0 bridgehead atoms. The molecule has 7 heteroatoms. The van der Waals surface area contributed by atoms with Crippen molar-refractivity contribution in [3.05, 3.63) is 30.0 Å². The lowest BCUT2D eigenvalue weighted by atomic mass is 9.93. The molecule has 3 aliphatic rings. The molecule has 1 unspecified atom stereocenters. The first-order chi connectivity index (χ1) is 13.2. The van der Waals surface area contributed by atoms with E-state index in [1.165, 1.54) is 5.57 Å². The largest absolute Gasteiger partial charge is 0.353 e. The third kappa shape index (κ3) is 3.46. The van der Waals surface area contributed by atoms with E-state index in [9.17, 15) is 9.59 Å². The summed E-state index contributed by atoms with van der Waals surface area (Å²) in [6, 6.07) is 6.12. The number of amides is 2. The lowest BCUT2D eigenvalue weighted by molar-refractivity contribution is -0.123. The van der Waals surface area contributed by atoms with E-state index in [0.29, 0.717) is 5.95 Å². The fourth-order valence-corrected chi connectivity index (χ4v) is 3.62. The highest BCUT2D eigenvalue weighted by molar-refractivity contribution is 5.92. The summed E-state index contributed by atoms with van der Waals surface area (Å²) >= 11 is 0. The molecular formula is C20H23N5O2. The Balaban J connectivity index is 1.33. The minimum absolute atomic E-state index is 0.0126. The Labute approximate surface area is 157 Å². The summed E-state index contributed by atoms with van der Waals surface area (Å²) in [6.07, 6.45) is 8.83. The van der Waals surface area contributed by atoms with Crippen LogP contribution in [-0.4, -0.2) is 32.5 Å². The third-order valence-corrected chi connectivity index (χ3v) is 5.58. The molecule has 140 valence electrons. The SMILES string of the molecule is O=C(Nc1nc2cccc(C3=CCC(NC(=O)C4CC4)CC3)n2n1)C1CC1. The van der Waals surface area contributed by atoms with Crippen molar-refractivity contribution < 1.29 is 9.59 Å². The second kappa shape index (κ2) is 6.48. The number of hydrogen-bond acceptors (Lipinski definition) is 4. The zero-order valence-corrected chi connectivity index (χ0v) is 15.1. The normalized spacial score (nSPS) is 22.4. The average molecular weight is 365 g/mol. The molecule has 0 spiro atoms. The van der Waals surface area contributed by atoms with Crippen LogP contribution in [0.4, 0.5) is 5.95 Å². The van der Waals surface area contributed by atoms with Crippen molar-refractivity contribution in [2.24, 2.45) is 11.8 Å². The smallest absolute Gasteiger partial charge is 0.249 e. The van der Waals surface area contributed by atoms with Gasteiger partial charge in [0, 0.05) is 17.9 Å². The van der Waals surface area contributed by atoms with Crippen LogP contribution in [0.5, 0.6) is 0 Å². The molecule has 2 heterocycles. The molecule has 2 fully saturated rings. The van der Waals surface area contributed by atoms with Crippen LogP contribution in [0.25, 0.3) is 11.2 Å². The molecule has 1 atom stereocenters. The fourth-order valence-electron chi connectivity index (χ4n) is 3.62. The number of aromatic nitrogens is 3. The molecular weight excluding hydrogens is 342 g/mol. The van der Waals surface area contributed by atoms with Crippen LogP contribution >= 0.6 is 0 Å². The predicted molar refractivity (Wildman–Crippen MR) is 101 cm³/mol. The molecule has 0 saturated heterocycles. The number of nitrogens with zero attached hydrogens (tertiary/aromatic N) is 3. The Morgan fingerprint density at radius 1 is 1.04 bits per heavy atom. The zero-order valence-electron chi connectivity index (χ0n) is 15.1. The van der Waals surface area contributed by atoms with Crippen molar-refractivity contribution in [3.8, 4) is 0 Å². The van der Waals surface area contributed by atoms with Gasteiger partial charge in [-0.05, 0) is 62.7 Å².